The number of rotatable bonds is 2. The molecule has 14 heavy (non-hydrogen) atoms. The van der Waals surface area contributed by atoms with Crippen LogP contribution in [0.25, 0.3) is 0 Å². The first kappa shape index (κ1) is 9.65. The molecule has 1 amide bonds. The van der Waals surface area contributed by atoms with E-state index in [1.54, 1.807) is 18.3 Å². The van der Waals surface area contributed by atoms with Crippen LogP contribution >= 0.6 is 15.9 Å². The second-order valence-corrected chi connectivity index (χ2v) is 4.19. The van der Waals surface area contributed by atoms with Gasteiger partial charge >= 0.3 is 0 Å². The van der Waals surface area contributed by atoms with Gasteiger partial charge in [0.15, 0.2) is 0 Å². The number of hydrogen-bond acceptors (Lipinski definition) is 2. The molecule has 1 N–H and O–H groups in total. The first-order valence-corrected chi connectivity index (χ1v) is 5.48. The molecular weight excluding hydrogens is 244 g/mol. The van der Waals surface area contributed by atoms with E-state index < -0.39 is 0 Å². The predicted octanol–water partition coefficient (Wildman–Crippen LogP) is 2.13. The van der Waals surface area contributed by atoms with Gasteiger partial charge in [-0.05, 0) is 47.3 Å². The van der Waals surface area contributed by atoms with Crippen molar-refractivity contribution < 1.29 is 4.79 Å². The summed E-state index contributed by atoms with van der Waals surface area (Å²) in [4.78, 5) is 15.7. The third-order valence-electron chi connectivity index (χ3n) is 2.44. The Morgan fingerprint density at radius 1 is 1.57 bits per heavy atom. The second kappa shape index (κ2) is 4.09. The van der Waals surface area contributed by atoms with Crippen molar-refractivity contribution in [2.75, 3.05) is 0 Å². The first-order valence-electron chi connectivity index (χ1n) is 4.69. The third-order valence-corrected chi connectivity index (χ3v) is 3.08. The van der Waals surface area contributed by atoms with E-state index >= 15 is 0 Å². The summed E-state index contributed by atoms with van der Waals surface area (Å²) < 4.78 is 0.608. The summed E-state index contributed by atoms with van der Waals surface area (Å²) >= 11 is 3.25. The third kappa shape index (κ3) is 1.95. The molecule has 0 spiro atoms. The van der Waals surface area contributed by atoms with Crippen molar-refractivity contribution in [3.05, 3.63) is 28.5 Å². The van der Waals surface area contributed by atoms with Gasteiger partial charge < -0.3 is 5.32 Å². The zero-order valence-corrected chi connectivity index (χ0v) is 9.25. The molecular formula is C10H11BrN2O. The van der Waals surface area contributed by atoms with Gasteiger partial charge in [0.05, 0.1) is 5.56 Å². The highest BCUT2D eigenvalue weighted by atomic mass is 79.9. The Labute approximate surface area is 91.0 Å². The number of nitrogens with zero attached hydrogens (tertiary/aromatic N) is 1. The van der Waals surface area contributed by atoms with E-state index in [1.807, 2.05) is 0 Å². The number of nitrogens with one attached hydrogen (secondary N) is 1. The van der Waals surface area contributed by atoms with E-state index in [9.17, 15) is 4.79 Å². The van der Waals surface area contributed by atoms with Crippen LogP contribution in [0.4, 0.5) is 0 Å². The van der Waals surface area contributed by atoms with Crippen LogP contribution < -0.4 is 5.32 Å². The van der Waals surface area contributed by atoms with Gasteiger partial charge in [0.1, 0.15) is 4.60 Å². The Hall–Kier alpha value is -0.900. The lowest BCUT2D eigenvalue weighted by atomic mass is 9.93. The van der Waals surface area contributed by atoms with Gasteiger partial charge in [-0.1, -0.05) is 0 Å². The molecule has 0 bridgehead atoms. The molecule has 1 fully saturated rings. The van der Waals surface area contributed by atoms with Crippen LogP contribution in [0.3, 0.4) is 0 Å². The number of halogens is 1. The summed E-state index contributed by atoms with van der Waals surface area (Å²) in [5, 5.41) is 2.96. The van der Waals surface area contributed by atoms with Crippen LogP contribution in [0.1, 0.15) is 29.6 Å². The number of amides is 1. The van der Waals surface area contributed by atoms with Gasteiger partial charge in [0, 0.05) is 12.2 Å². The molecule has 0 unspecified atom stereocenters. The molecule has 1 aliphatic carbocycles. The van der Waals surface area contributed by atoms with Crippen molar-refractivity contribution in [2.24, 2.45) is 0 Å². The summed E-state index contributed by atoms with van der Waals surface area (Å²) in [6.07, 6.45) is 5.08. The van der Waals surface area contributed by atoms with E-state index in [2.05, 4.69) is 26.2 Å². The molecule has 0 aliphatic heterocycles. The molecule has 2 rings (SSSR count). The van der Waals surface area contributed by atoms with E-state index in [1.165, 1.54) is 6.42 Å². The Kier molecular flexibility index (Phi) is 2.82. The highest BCUT2D eigenvalue weighted by Crippen LogP contribution is 2.19. The molecule has 1 saturated carbocycles. The fourth-order valence-electron chi connectivity index (χ4n) is 1.37. The lowest BCUT2D eigenvalue weighted by Gasteiger charge is -2.26. The lowest BCUT2D eigenvalue weighted by molar-refractivity contribution is 0.0915. The topological polar surface area (TPSA) is 42.0 Å². The minimum Gasteiger partial charge on any atom is -0.349 e. The second-order valence-electron chi connectivity index (χ2n) is 3.44. The molecule has 1 aromatic rings. The van der Waals surface area contributed by atoms with Crippen LogP contribution in [0, 0.1) is 0 Å². The van der Waals surface area contributed by atoms with Crippen LogP contribution in [0.2, 0.25) is 0 Å². The van der Waals surface area contributed by atoms with Gasteiger partial charge in [-0.3, -0.25) is 4.79 Å². The van der Waals surface area contributed by atoms with Gasteiger partial charge in [-0.2, -0.15) is 0 Å². The van der Waals surface area contributed by atoms with Crippen LogP contribution in [-0.2, 0) is 0 Å². The lowest BCUT2D eigenvalue weighted by Crippen LogP contribution is -2.39. The van der Waals surface area contributed by atoms with Crippen molar-refractivity contribution in [1.82, 2.24) is 10.3 Å². The molecule has 1 aromatic heterocycles. The first-order chi connectivity index (χ1) is 6.77. The zero-order chi connectivity index (χ0) is 9.97. The van der Waals surface area contributed by atoms with Gasteiger partial charge in [0.2, 0.25) is 0 Å². The number of pyridine rings is 1. The van der Waals surface area contributed by atoms with Crippen molar-refractivity contribution >= 4 is 21.8 Å². The predicted molar refractivity (Wildman–Crippen MR) is 57.0 cm³/mol. The van der Waals surface area contributed by atoms with Crippen LogP contribution in [0.5, 0.6) is 0 Å². The Bertz CT molecular complexity index is 350. The van der Waals surface area contributed by atoms with Crippen molar-refractivity contribution in [2.45, 2.75) is 25.3 Å². The highest BCUT2D eigenvalue weighted by Gasteiger charge is 2.21. The van der Waals surface area contributed by atoms with Gasteiger partial charge in [-0.25, -0.2) is 4.98 Å². The van der Waals surface area contributed by atoms with Crippen molar-refractivity contribution in [3.63, 3.8) is 0 Å². The van der Waals surface area contributed by atoms with E-state index in [0.717, 1.165) is 12.8 Å². The maximum Gasteiger partial charge on any atom is 0.254 e. The zero-order valence-electron chi connectivity index (χ0n) is 7.66. The molecule has 1 aliphatic rings. The van der Waals surface area contributed by atoms with Crippen molar-refractivity contribution in [3.8, 4) is 0 Å². The average Bonchev–Trinajstić information content (AvgIpc) is 2.12. The standard InChI is InChI=1S/C10H11BrN2O/c11-9-8(5-2-6-12-9)10(14)13-7-3-1-4-7/h2,5-7H,1,3-4H2,(H,13,14). The SMILES string of the molecule is O=C(NC1CCC1)c1cccnc1Br. The maximum absolute atomic E-state index is 11.7. The summed E-state index contributed by atoms with van der Waals surface area (Å²) in [7, 11) is 0. The molecule has 3 nitrogen and oxygen atoms in total. The number of carbonyl (C=O) groups is 1. The Balaban J connectivity index is 2.06. The quantitative estimate of drug-likeness (QED) is 0.822. The summed E-state index contributed by atoms with van der Waals surface area (Å²) in [6.45, 7) is 0. The Morgan fingerprint density at radius 3 is 2.93 bits per heavy atom. The fourth-order valence-corrected chi connectivity index (χ4v) is 1.80. The van der Waals surface area contributed by atoms with E-state index in [0.29, 0.717) is 16.2 Å². The largest absolute Gasteiger partial charge is 0.349 e. The smallest absolute Gasteiger partial charge is 0.254 e. The monoisotopic (exact) mass is 254 g/mol. The summed E-state index contributed by atoms with van der Waals surface area (Å²) in [5.41, 5.74) is 0.611. The number of aromatic nitrogens is 1. The number of carbonyl (C=O) groups excluding carboxylic acids is 1. The minimum absolute atomic E-state index is 0.0327. The van der Waals surface area contributed by atoms with Gasteiger partial charge in [-0.15, -0.1) is 0 Å². The molecule has 1 heterocycles. The highest BCUT2D eigenvalue weighted by molar-refractivity contribution is 9.10. The Morgan fingerprint density at radius 2 is 2.36 bits per heavy atom. The summed E-state index contributed by atoms with van der Waals surface area (Å²) in [5.74, 6) is -0.0327. The molecule has 0 radical (unpaired) electrons. The molecule has 0 atom stereocenters. The molecule has 0 saturated heterocycles. The maximum atomic E-state index is 11.7. The normalized spacial score (nSPS) is 16.1. The molecule has 4 heteroatoms. The van der Waals surface area contributed by atoms with Crippen molar-refractivity contribution in [1.29, 1.82) is 0 Å². The molecule has 0 aromatic carbocycles. The average molecular weight is 255 g/mol. The summed E-state index contributed by atoms with van der Waals surface area (Å²) in [6, 6.07) is 3.90. The van der Waals surface area contributed by atoms with Gasteiger partial charge in [0.25, 0.3) is 5.91 Å². The van der Waals surface area contributed by atoms with E-state index in [4.69, 9.17) is 0 Å². The molecule has 74 valence electrons. The van der Waals surface area contributed by atoms with Crippen LogP contribution in [0.15, 0.2) is 22.9 Å². The number of hydrogen-bond donors (Lipinski definition) is 1. The van der Waals surface area contributed by atoms with E-state index in [-0.39, 0.29) is 5.91 Å². The minimum atomic E-state index is -0.0327. The van der Waals surface area contributed by atoms with Crippen LogP contribution in [-0.4, -0.2) is 16.9 Å². The fraction of sp³-hybridized carbons (Fsp3) is 0.400.